The SMILES string of the molecule is O=C(O)c1csc(C(=O)Nc2cc(Br)ccc2Cl)n1. The molecular formula is C11H6BrClN2O3S. The predicted octanol–water partition coefficient (Wildman–Crippen LogP) is 3.51. The van der Waals surface area contributed by atoms with Crippen LogP contribution in [0, 0.1) is 0 Å². The van der Waals surface area contributed by atoms with Gasteiger partial charge < -0.3 is 10.4 Å². The summed E-state index contributed by atoms with van der Waals surface area (Å²) < 4.78 is 0.762. The van der Waals surface area contributed by atoms with Crippen molar-refractivity contribution >= 4 is 56.4 Å². The molecule has 2 N–H and O–H groups in total. The minimum absolute atomic E-state index is 0.0634. The summed E-state index contributed by atoms with van der Waals surface area (Å²) in [5.41, 5.74) is 0.267. The molecule has 0 aliphatic rings. The van der Waals surface area contributed by atoms with E-state index in [1.54, 1.807) is 18.2 Å². The maximum absolute atomic E-state index is 11.9. The Morgan fingerprint density at radius 2 is 2.16 bits per heavy atom. The fraction of sp³-hybridized carbons (Fsp3) is 0. The Bertz CT molecular complexity index is 659. The number of carbonyl (C=O) groups excluding carboxylic acids is 1. The number of carboxylic acids is 1. The second-order valence-corrected chi connectivity index (χ2v) is 5.60. The molecule has 0 spiro atoms. The van der Waals surface area contributed by atoms with Crippen molar-refractivity contribution in [1.29, 1.82) is 0 Å². The van der Waals surface area contributed by atoms with Crippen molar-refractivity contribution in [2.45, 2.75) is 0 Å². The highest BCUT2D eigenvalue weighted by atomic mass is 79.9. The quantitative estimate of drug-likeness (QED) is 0.877. The minimum Gasteiger partial charge on any atom is -0.476 e. The molecule has 0 radical (unpaired) electrons. The van der Waals surface area contributed by atoms with Crippen molar-refractivity contribution in [1.82, 2.24) is 4.98 Å². The van der Waals surface area contributed by atoms with E-state index in [0.29, 0.717) is 10.7 Å². The van der Waals surface area contributed by atoms with Crippen LogP contribution < -0.4 is 5.32 Å². The number of benzene rings is 1. The van der Waals surface area contributed by atoms with Crippen LogP contribution in [0.3, 0.4) is 0 Å². The molecule has 0 saturated carbocycles. The lowest BCUT2D eigenvalue weighted by Crippen LogP contribution is -2.12. The van der Waals surface area contributed by atoms with Crippen molar-refractivity contribution in [3.63, 3.8) is 0 Å². The predicted molar refractivity (Wildman–Crippen MR) is 76.2 cm³/mol. The second-order valence-electron chi connectivity index (χ2n) is 3.42. The molecule has 0 unspecified atom stereocenters. The van der Waals surface area contributed by atoms with Gasteiger partial charge in [0.25, 0.3) is 5.91 Å². The van der Waals surface area contributed by atoms with Crippen molar-refractivity contribution in [2.24, 2.45) is 0 Å². The first kappa shape index (κ1) is 14.0. The van der Waals surface area contributed by atoms with Gasteiger partial charge in [0, 0.05) is 9.85 Å². The number of hydrogen-bond donors (Lipinski definition) is 2. The van der Waals surface area contributed by atoms with E-state index in [-0.39, 0.29) is 10.7 Å². The number of thiazole rings is 1. The van der Waals surface area contributed by atoms with Crippen LogP contribution in [0.5, 0.6) is 0 Å². The third-order valence-electron chi connectivity index (χ3n) is 2.09. The molecule has 2 aromatic rings. The van der Waals surface area contributed by atoms with Crippen molar-refractivity contribution < 1.29 is 14.7 Å². The number of amides is 1. The zero-order valence-electron chi connectivity index (χ0n) is 9.18. The number of nitrogens with one attached hydrogen (secondary N) is 1. The van der Waals surface area contributed by atoms with E-state index in [1.807, 2.05) is 0 Å². The van der Waals surface area contributed by atoms with Gasteiger partial charge in [-0.15, -0.1) is 11.3 Å². The third kappa shape index (κ3) is 3.31. The van der Waals surface area contributed by atoms with Crippen LogP contribution in [-0.4, -0.2) is 22.0 Å². The lowest BCUT2D eigenvalue weighted by Gasteiger charge is -2.05. The molecule has 1 heterocycles. The Kier molecular flexibility index (Phi) is 4.18. The molecule has 0 aliphatic heterocycles. The van der Waals surface area contributed by atoms with E-state index in [1.165, 1.54) is 5.38 Å². The number of aromatic carboxylic acids is 1. The maximum atomic E-state index is 11.9. The molecule has 8 heteroatoms. The molecule has 2 rings (SSSR count). The summed E-state index contributed by atoms with van der Waals surface area (Å²) in [6, 6.07) is 5.02. The fourth-order valence-electron chi connectivity index (χ4n) is 1.25. The Balaban J connectivity index is 2.20. The summed E-state index contributed by atoms with van der Waals surface area (Å²) in [6.45, 7) is 0. The Morgan fingerprint density at radius 1 is 1.42 bits per heavy atom. The van der Waals surface area contributed by atoms with Gasteiger partial charge in [-0.25, -0.2) is 9.78 Å². The van der Waals surface area contributed by atoms with Gasteiger partial charge in [0.05, 0.1) is 10.7 Å². The smallest absolute Gasteiger partial charge is 0.355 e. The Labute approximate surface area is 125 Å². The standard InChI is InChI=1S/C11H6BrClN2O3S/c12-5-1-2-6(13)7(3-5)14-9(16)10-15-8(4-19-10)11(17)18/h1-4H,(H,14,16)(H,17,18). The number of aromatic nitrogens is 1. The van der Waals surface area contributed by atoms with Crippen LogP contribution in [-0.2, 0) is 0 Å². The molecule has 0 atom stereocenters. The minimum atomic E-state index is -1.17. The van der Waals surface area contributed by atoms with E-state index < -0.39 is 11.9 Å². The number of anilines is 1. The maximum Gasteiger partial charge on any atom is 0.355 e. The summed E-state index contributed by atoms with van der Waals surface area (Å²) in [7, 11) is 0. The van der Waals surface area contributed by atoms with E-state index in [0.717, 1.165) is 15.8 Å². The van der Waals surface area contributed by atoms with Gasteiger partial charge in [0.1, 0.15) is 0 Å². The summed E-state index contributed by atoms with van der Waals surface area (Å²) in [5.74, 6) is -1.67. The van der Waals surface area contributed by atoms with Gasteiger partial charge in [-0.1, -0.05) is 27.5 Å². The molecule has 5 nitrogen and oxygen atoms in total. The average molecular weight is 362 g/mol. The molecule has 0 aliphatic carbocycles. The van der Waals surface area contributed by atoms with Gasteiger partial charge >= 0.3 is 5.97 Å². The zero-order valence-corrected chi connectivity index (χ0v) is 12.3. The van der Waals surface area contributed by atoms with E-state index in [9.17, 15) is 9.59 Å². The number of carbonyl (C=O) groups is 2. The summed E-state index contributed by atoms with van der Waals surface area (Å²) in [6.07, 6.45) is 0. The zero-order chi connectivity index (χ0) is 14.0. The summed E-state index contributed by atoms with van der Waals surface area (Å²) >= 11 is 10.2. The van der Waals surface area contributed by atoms with Crippen LogP contribution in [0.1, 0.15) is 20.3 Å². The van der Waals surface area contributed by atoms with Gasteiger partial charge in [-0.05, 0) is 18.2 Å². The number of rotatable bonds is 3. The lowest BCUT2D eigenvalue weighted by molar-refractivity contribution is 0.0691. The number of hydrogen-bond acceptors (Lipinski definition) is 4. The highest BCUT2D eigenvalue weighted by Gasteiger charge is 2.15. The third-order valence-corrected chi connectivity index (χ3v) is 3.76. The largest absolute Gasteiger partial charge is 0.476 e. The highest BCUT2D eigenvalue weighted by molar-refractivity contribution is 9.10. The molecule has 0 saturated heterocycles. The monoisotopic (exact) mass is 360 g/mol. The number of carboxylic acid groups (broad SMARTS) is 1. The van der Waals surface area contributed by atoms with Gasteiger partial charge in [-0.2, -0.15) is 0 Å². The van der Waals surface area contributed by atoms with E-state index in [4.69, 9.17) is 16.7 Å². The first-order chi connectivity index (χ1) is 8.97. The van der Waals surface area contributed by atoms with Gasteiger partial charge in [0.2, 0.25) is 0 Å². The molecule has 1 aromatic carbocycles. The number of halogens is 2. The molecule has 19 heavy (non-hydrogen) atoms. The van der Waals surface area contributed by atoms with Crippen molar-refractivity contribution in [3.8, 4) is 0 Å². The molecule has 98 valence electrons. The van der Waals surface area contributed by atoms with Crippen LogP contribution in [0.4, 0.5) is 5.69 Å². The topological polar surface area (TPSA) is 79.3 Å². The van der Waals surface area contributed by atoms with Crippen LogP contribution in [0.15, 0.2) is 28.1 Å². The molecule has 1 aromatic heterocycles. The van der Waals surface area contributed by atoms with E-state index >= 15 is 0 Å². The fourth-order valence-corrected chi connectivity index (χ4v) is 2.46. The van der Waals surface area contributed by atoms with Crippen molar-refractivity contribution in [3.05, 3.63) is 43.8 Å². The molecular weight excluding hydrogens is 356 g/mol. The van der Waals surface area contributed by atoms with Gasteiger partial charge in [0.15, 0.2) is 10.7 Å². The Morgan fingerprint density at radius 3 is 2.79 bits per heavy atom. The first-order valence-corrected chi connectivity index (χ1v) is 6.97. The first-order valence-electron chi connectivity index (χ1n) is 4.92. The molecule has 0 fully saturated rings. The summed E-state index contributed by atoms with van der Waals surface area (Å²) in [5, 5.41) is 13.1. The highest BCUT2D eigenvalue weighted by Crippen LogP contribution is 2.26. The second kappa shape index (κ2) is 5.68. The number of nitrogens with zero attached hydrogens (tertiary/aromatic N) is 1. The normalized spacial score (nSPS) is 10.2. The van der Waals surface area contributed by atoms with Crippen LogP contribution >= 0.6 is 38.9 Å². The Hall–Kier alpha value is -1.44. The van der Waals surface area contributed by atoms with Crippen molar-refractivity contribution in [2.75, 3.05) is 5.32 Å². The molecule has 1 amide bonds. The van der Waals surface area contributed by atoms with E-state index in [2.05, 4.69) is 26.2 Å². The average Bonchev–Trinajstić information content (AvgIpc) is 2.83. The molecule has 0 bridgehead atoms. The lowest BCUT2D eigenvalue weighted by atomic mass is 10.3. The summed E-state index contributed by atoms with van der Waals surface area (Å²) in [4.78, 5) is 26.3. The van der Waals surface area contributed by atoms with Gasteiger partial charge in [-0.3, -0.25) is 4.79 Å². The van der Waals surface area contributed by atoms with Crippen LogP contribution in [0.2, 0.25) is 5.02 Å². The van der Waals surface area contributed by atoms with Crippen LogP contribution in [0.25, 0.3) is 0 Å².